The molecule has 3 aromatic rings. The zero-order valence-corrected chi connectivity index (χ0v) is 11.4. The number of nitrogen functional groups attached to an aromatic ring is 1. The Bertz CT molecular complexity index is 724. The molecular formula is C14H15N5O. The van der Waals surface area contributed by atoms with E-state index < -0.39 is 0 Å². The molecule has 0 bridgehead atoms. The number of aryl methyl sites for hydroxylation is 2. The summed E-state index contributed by atoms with van der Waals surface area (Å²) in [7, 11) is 0. The largest absolute Gasteiger partial charge is 0.444 e. The highest BCUT2D eigenvalue weighted by molar-refractivity contribution is 5.72. The van der Waals surface area contributed by atoms with Crippen LogP contribution in [-0.2, 0) is 6.54 Å². The van der Waals surface area contributed by atoms with Crippen LogP contribution in [0.15, 0.2) is 35.4 Å². The summed E-state index contributed by atoms with van der Waals surface area (Å²) >= 11 is 0. The van der Waals surface area contributed by atoms with Crippen molar-refractivity contribution in [3.05, 3.63) is 48.3 Å². The lowest BCUT2D eigenvalue weighted by Crippen LogP contribution is -2.02. The van der Waals surface area contributed by atoms with Crippen molar-refractivity contribution in [2.75, 3.05) is 5.73 Å². The average Bonchev–Trinajstić information content (AvgIpc) is 2.98. The molecular weight excluding hydrogens is 254 g/mol. The Labute approximate surface area is 116 Å². The zero-order valence-electron chi connectivity index (χ0n) is 11.4. The predicted octanol–water partition coefficient (Wildman–Crippen LogP) is 2.18. The van der Waals surface area contributed by atoms with Gasteiger partial charge in [0.15, 0.2) is 0 Å². The number of hydrogen-bond acceptors (Lipinski definition) is 5. The van der Waals surface area contributed by atoms with Gasteiger partial charge in [0.1, 0.15) is 12.3 Å². The second kappa shape index (κ2) is 4.80. The number of aromatic nitrogens is 4. The van der Waals surface area contributed by atoms with E-state index in [2.05, 4.69) is 15.0 Å². The van der Waals surface area contributed by atoms with Crippen molar-refractivity contribution in [2.24, 2.45) is 0 Å². The molecule has 2 N–H and O–H groups in total. The van der Waals surface area contributed by atoms with Gasteiger partial charge in [0.25, 0.3) is 0 Å². The predicted molar refractivity (Wildman–Crippen MR) is 74.9 cm³/mol. The maximum Gasteiger partial charge on any atom is 0.214 e. The van der Waals surface area contributed by atoms with E-state index in [1.54, 1.807) is 31.0 Å². The minimum atomic E-state index is 0.512. The Kier molecular flexibility index (Phi) is 2.98. The van der Waals surface area contributed by atoms with Crippen LogP contribution in [-0.4, -0.2) is 19.5 Å². The number of nitrogens with zero attached hydrogens (tertiary/aromatic N) is 4. The summed E-state index contributed by atoms with van der Waals surface area (Å²) < 4.78 is 7.54. The van der Waals surface area contributed by atoms with Crippen LogP contribution < -0.4 is 5.73 Å². The third-order valence-corrected chi connectivity index (χ3v) is 3.22. The quantitative estimate of drug-likeness (QED) is 0.788. The van der Waals surface area contributed by atoms with Crippen LogP contribution in [0.25, 0.3) is 11.3 Å². The van der Waals surface area contributed by atoms with E-state index in [-0.39, 0.29) is 0 Å². The number of nitrogens with two attached hydrogens (primary N) is 1. The molecule has 6 nitrogen and oxygen atoms in total. The first-order valence-electron chi connectivity index (χ1n) is 6.28. The van der Waals surface area contributed by atoms with Crippen molar-refractivity contribution in [2.45, 2.75) is 20.4 Å². The number of pyridine rings is 1. The molecule has 0 saturated heterocycles. The summed E-state index contributed by atoms with van der Waals surface area (Å²) in [6.45, 7) is 4.34. The Hall–Kier alpha value is -2.63. The molecule has 0 atom stereocenters. The van der Waals surface area contributed by atoms with Crippen molar-refractivity contribution in [1.29, 1.82) is 0 Å². The third-order valence-electron chi connectivity index (χ3n) is 3.22. The van der Waals surface area contributed by atoms with Crippen LogP contribution >= 0.6 is 0 Å². The number of hydrogen-bond donors (Lipinski definition) is 1. The molecule has 3 heterocycles. The maximum atomic E-state index is 5.98. The van der Waals surface area contributed by atoms with Gasteiger partial charge in [-0.1, -0.05) is 0 Å². The fraction of sp³-hybridized carbons (Fsp3) is 0.214. The second-order valence-electron chi connectivity index (χ2n) is 4.62. The van der Waals surface area contributed by atoms with Crippen LogP contribution in [0.3, 0.4) is 0 Å². The van der Waals surface area contributed by atoms with Gasteiger partial charge in [-0.2, -0.15) is 0 Å². The number of rotatable bonds is 3. The Balaban J connectivity index is 1.97. The average molecular weight is 269 g/mol. The van der Waals surface area contributed by atoms with E-state index >= 15 is 0 Å². The first-order chi connectivity index (χ1) is 9.65. The van der Waals surface area contributed by atoms with Gasteiger partial charge in [-0.15, -0.1) is 0 Å². The summed E-state index contributed by atoms with van der Waals surface area (Å²) in [5.41, 5.74) is 9.30. The maximum absolute atomic E-state index is 5.98. The zero-order chi connectivity index (χ0) is 14.1. The highest BCUT2D eigenvalue weighted by Crippen LogP contribution is 2.24. The van der Waals surface area contributed by atoms with Crippen LogP contribution in [0.5, 0.6) is 0 Å². The lowest BCUT2D eigenvalue weighted by molar-refractivity contribution is 0.457. The van der Waals surface area contributed by atoms with Gasteiger partial charge in [0.05, 0.1) is 23.9 Å². The molecule has 0 aliphatic heterocycles. The highest BCUT2D eigenvalue weighted by atomic mass is 16.4. The monoisotopic (exact) mass is 269 g/mol. The number of anilines is 1. The molecule has 0 saturated carbocycles. The molecule has 102 valence electrons. The third kappa shape index (κ3) is 2.16. The molecule has 0 aliphatic rings. The van der Waals surface area contributed by atoms with Gasteiger partial charge >= 0.3 is 0 Å². The van der Waals surface area contributed by atoms with Gasteiger partial charge < -0.3 is 14.7 Å². The topological polar surface area (TPSA) is 82.8 Å². The van der Waals surface area contributed by atoms with Crippen LogP contribution in [0.1, 0.15) is 17.3 Å². The second-order valence-corrected chi connectivity index (χ2v) is 4.62. The molecule has 0 radical (unpaired) electrons. The summed E-state index contributed by atoms with van der Waals surface area (Å²) in [6, 6.07) is 1.77. The molecule has 0 fully saturated rings. The summed E-state index contributed by atoms with van der Waals surface area (Å²) in [6.07, 6.45) is 6.89. The normalized spacial score (nSPS) is 10.9. The van der Waals surface area contributed by atoms with Gasteiger partial charge in [-0.3, -0.25) is 4.98 Å². The summed E-state index contributed by atoms with van der Waals surface area (Å²) in [5, 5.41) is 0. The van der Waals surface area contributed by atoms with E-state index in [1.807, 2.05) is 18.4 Å². The highest BCUT2D eigenvalue weighted by Gasteiger charge is 2.12. The van der Waals surface area contributed by atoms with Crippen molar-refractivity contribution < 1.29 is 4.42 Å². The Morgan fingerprint density at radius 2 is 2.10 bits per heavy atom. The first-order valence-corrected chi connectivity index (χ1v) is 6.28. The standard InChI is InChI=1S/C14H15N5O/c1-9-10(2)20-14(18-9)7-19-8-17-6-13(19)11-5-16-4-3-12(11)15/h3-6,8H,7H2,1-2H3,(H2,15,16). The lowest BCUT2D eigenvalue weighted by atomic mass is 10.2. The molecule has 6 heteroatoms. The van der Waals surface area contributed by atoms with Crippen molar-refractivity contribution in [3.8, 4) is 11.3 Å². The van der Waals surface area contributed by atoms with Gasteiger partial charge in [-0.05, 0) is 19.9 Å². The Morgan fingerprint density at radius 3 is 2.80 bits per heavy atom. The molecule has 0 aromatic carbocycles. The van der Waals surface area contributed by atoms with E-state index in [1.165, 1.54) is 0 Å². The SMILES string of the molecule is Cc1nc(Cn2cncc2-c2cnccc2N)oc1C. The van der Waals surface area contributed by atoms with Gasteiger partial charge in [0, 0.05) is 23.6 Å². The number of oxazole rings is 1. The molecule has 3 rings (SSSR count). The fourth-order valence-electron chi connectivity index (χ4n) is 2.04. The van der Waals surface area contributed by atoms with E-state index in [0.717, 1.165) is 22.7 Å². The van der Waals surface area contributed by atoms with Crippen LogP contribution in [0, 0.1) is 13.8 Å². The minimum Gasteiger partial charge on any atom is -0.444 e. The molecule has 3 aromatic heterocycles. The molecule has 0 spiro atoms. The Morgan fingerprint density at radius 1 is 1.25 bits per heavy atom. The van der Waals surface area contributed by atoms with Gasteiger partial charge in [-0.25, -0.2) is 9.97 Å². The summed E-state index contributed by atoms with van der Waals surface area (Å²) in [5.74, 6) is 1.49. The first kappa shape index (κ1) is 12.4. The van der Waals surface area contributed by atoms with E-state index in [0.29, 0.717) is 18.1 Å². The number of imidazole rings is 1. The van der Waals surface area contributed by atoms with Crippen molar-refractivity contribution in [3.63, 3.8) is 0 Å². The molecule has 0 unspecified atom stereocenters. The molecule has 0 amide bonds. The minimum absolute atomic E-state index is 0.512. The van der Waals surface area contributed by atoms with Gasteiger partial charge in [0.2, 0.25) is 5.89 Å². The van der Waals surface area contributed by atoms with Crippen LogP contribution in [0.2, 0.25) is 0 Å². The lowest BCUT2D eigenvalue weighted by Gasteiger charge is -2.07. The van der Waals surface area contributed by atoms with Crippen LogP contribution in [0.4, 0.5) is 5.69 Å². The smallest absolute Gasteiger partial charge is 0.214 e. The molecule has 0 aliphatic carbocycles. The van der Waals surface area contributed by atoms with Crippen molar-refractivity contribution >= 4 is 5.69 Å². The van der Waals surface area contributed by atoms with E-state index in [4.69, 9.17) is 10.2 Å². The van der Waals surface area contributed by atoms with E-state index in [9.17, 15) is 0 Å². The fourth-order valence-corrected chi connectivity index (χ4v) is 2.04. The molecule has 20 heavy (non-hydrogen) atoms. The summed E-state index contributed by atoms with van der Waals surface area (Å²) in [4.78, 5) is 12.7. The van der Waals surface area contributed by atoms with Crippen molar-refractivity contribution in [1.82, 2.24) is 19.5 Å².